The third-order valence-corrected chi connectivity index (χ3v) is 6.27. The van der Waals surface area contributed by atoms with Gasteiger partial charge in [-0.1, -0.05) is 84.7 Å². The molecule has 2 N–H and O–H groups in total. The average Bonchev–Trinajstić information content (AvgIpc) is 3.44. The number of aromatic nitrogens is 1. The lowest BCUT2D eigenvalue weighted by molar-refractivity contribution is -0.124. The third kappa shape index (κ3) is 8.72. The number of ether oxygens (including phenoxy) is 1. The molecule has 0 aliphatic heterocycles. The first-order chi connectivity index (χ1) is 18.9. The highest BCUT2D eigenvalue weighted by molar-refractivity contribution is 6.54. The summed E-state index contributed by atoms with van der Waals surface area (Å²) in [6.07, 6.45) is 0.794. The van der Waals surface area contributed by atoms with Crippen molar-refractivity contribution in [1.29, 1.82) is 0 Å². The van der Waals surface area contributed by atoms with Crippen molar-refractivity contribution in [3.05, 3.63) is 72.4 Å². The molecule has 0 aliphatic carbocycles. The van der Waals surface area contributed by atoms with Gasteiger partial charge in [0.25, 0.3) is 5.91 Å². The number of rotatable bonds is 10. The van der Waals surface area contributed by atoms with Gasteiger partial charge in [0.1, 0.15) is 11.6 Å². The molecule has 2 aromatic carbocycles. The Morgan fingerprint density at radius 1 is 1.00 bits per heavy atom. The summed E-state index contributed by atoms with van der Waals surface area (Å²) in [5.74, 6) is -0.606. The highest BCUT2D eigenvalue weighted by Gasteiger charge is 2.31. The molecule has 2 atom stereocenters. The number of carbonyl (C=O) groups excluding carboxylic acids is 3. The summed E-state index contributed by atoms with van der Waals surface area (Å²) in [5, 5.41) is 9.41. The lowest BCUT2D eigenvalue weighted by Crippen LogP contribution is -2.52. The van der Waals surface area contributed by atoms with Crippen molar-refractivity contribution in [2.75, 3.05) is 11.4 Å². The molecule has 1 aromatic heterocycles. The molecule has 0 saturated carbocycles. The molecule has 9 nitrogen and oxygen atoms in total. The maximum atomic E-state index is 13.6. The minimum absolute atomic E-state index is 0.0615. The number of nitrogens with one attached hydrogen (secondary N) is 2. The maximum Gasteiger partial charge on any atom is 0.408 e. The molecule has 0 spiro atoms. The van der Waals surface area contributed by atoms with Gasteiger partial charge in [-0.25, -0.2) is 4.79 Å². The normalized spacial score (nSPS) is 13.0. The average molecular weight is 590 g/mol. The SMILES string of the molecule is CC(C)[C@@H](CN(C(=O)C(Cl)Cl)c1cccc(-c2ccno2)c1)NC(=O)[C@H](NC(=O)OC(C)(C)C)c1ccccc1. The van der Waals surface area contributed by atoms with E-state index in [-0.39, 0.29) is 12.5 Å². The second-order valence-corrected chi connectivity index (χ2v) is 11.6. The predicted octanol–water partition coefficient (Wildman–Crippen LogP) is 5.89. The summed E-state index contributed by atoms with van der Waals surface area (Å²) in [4.78, 5) is 39.5. The summed E-state index contributed by atoms with van der Waals surface area (Å²) in [7, 11) is 0. The number of anilines is 1. The van der Waals surface area contributed by atoms with Gasteiger partial charge in [0.15, 0.2) is 10.6 Å². The zero-order valence-corrected chi connectivity index (χ0v) is 24.6. The minimum Gasteiger partial charge on any atom is -0.444 e. The van der Waals surface area contributed by atoms with Crippen molar-refractivity contribution >= 4 is 46.8 Å². The number of nitrogens with zero attached hydrogens (tertiary/aromatic N) is 2. The number of carbonyl (C=O) groups is 3. The first-order valence-corrected chi connectivity index (χ1v) is 13.7. The van der Waals surface area contributed by atoms with Crippen LogP contribution in [0.3, 0.4) is 0 Å². The molecule has 3 amide bonds. The van der Waals surface area contributed by atoms with Gasteiger partial charge >= 0.3 is 6.09 Å². The van der Waals surface area contributed by atoms with Crippen LogP contribution in [0.25, 0.3) is 11.3 Å². The van der Waals surface area contributed by atoms with Crippen molar-refractivity contribution in [3.63, 3.8) is 0 Å². The van der Waals surface area contributed by atoms with Gasteiger partial charge in [0.2, 0.25) is 5.91 Å². The van der Waals surface area contributed by atoms with E-state index in [2.05, 4.69) is 15.8 Å². The molecule has 0 radical (unpaired) electrons. The topological polar surface area (TPSA) is 114 Å². The van der Waals surface area contributed by atoms with E-state index >= 15 is 0 Å². The number of alkyl carbamates (subject to hydrolysis) is 1. The van der Waals surface area contributed by atoms with Crippen molar-refractivity contribution in [1.82, 2.24) is 15.8 Å². The summed E-state index contributed by atoms with van der Waals surface area (Å²) in [6.45, 7) is 9.10. The molecule has 11 heteroatoms. The Hall–Kier alpha value is -3.56. The zero-order chi connectivity index (χ0) is 29.4. The van der Waals surface area contributed by atoms with E-state index in [1.807, 2.05) is 26.0 Å². The van der Waals surface area contributed by atoms with Crippen LogP contribution in [0.5, 0.6) is 0 Å². The smallest absolute Gasteiger partial charge is 0.408 e. The molecule has 3 rings (SSSR count). The molecular weight excluding hydrogens is 555 g/mol. The lowest BCUT2D eigenvalue weighted by Gasteiger charge is -2.32. The molecule has 214 valence electrons. The van der Waals surface area contributed by atoms with Crippen LogP contribution in [0.15, 0.2) is 71.4 Å². The summed E-state index contributed by atoms with van der Waals surface area (Å²) >= 11 is 12.0. The monoisotopic (exact) mass is 588 g/mol. The van der Waals surface area contributed by atoms with Crippen LogP contribution in [-0.2, 0) is 14.3 Å². The Morgan fingerprint density at radius 3 is 2.27 bits per heavy atom. The van der Waals surface area contributed by atoms with Gasteiger partial charge in [-0.3, -0.25) is 9.59 Å². The molecule has 1 heterocycles. The first-order valence-electron chi connectivity index (χ1n) is 12.8. The highest BCUT2D eigenvalue weighted by atomic mass is 35.5. The number of halogens is 2. The van der Waals surface area contributed by atoms with E-state index in [1.165, 1.54) is 11.1 Å². The molecule has 40 heavy (non-hydrogen) atoms. The largest absolute Gasteiger partial charge is 0.444 e. The number of hydrogen-bond acceptors (Lipinski definition) is 6. The summed E-state index contributed by atoms with van der Waals surface area (Å²) < 4.78 is 10.6. The lowest BCUT2D eigenvalue weighted by atomic mass is 10.0. The molecule has 3 aromatic rings. The van der Waals surface area contributed by atoms with Gasteiger partial charge < -0.3 is 24.8 Å². The fourth-order valence-electron chi connectivity index (χ4n) is 3.89. The van der Waals surface area contributed by atoms with E-state index in [1.54, 1.807) is 69.3 Å². The van der Waals surface area contributed by atoms with Gasteiger partial charge in [-0.15, -0.1) is 0 Å². The zero-order valence-electron chi connectivity index (χ0n) is 23.1. The Kier molecular flexibility index (Phi) is 10.6. The summed E-state index contributed by atoms with van der Waals surface area (Å²) in [5.41, 5.74) is 1.03. The molecule has 0 aliphatic rings. The van der Waals surface area contributed by atoms with E-state index < -0.39 is 40.4 Å². The number of hydrogen-bond donors (Lipinski definition) is 2. The first kappa shape index (κ1) is 31.0. The van der Waals surface area contributed by atoms with Crippen LogP contribution >= 0.6 is 23.2 Å². The second-order valence-electron chi connectivity index (χ2n) is 10.5. The van der Waals surface area contributed by atoms with Crippen molar-refractivity contribution < 1.29 is 23.6 Å². The van der Waals surface area contributed by atoms with E-state index in [0.717, 1.165) is 0 Å². The summed E-state index contributed by atoms with van der Waals surface area (Å²) in [6, 6.07) is 16.0. The van der Waals surface area contributed by atoms with Crippen molar-refractivity contribution in [2.24, 2.45) is 5.92 Å². The molecule has 0 saturated heterocycles. The third-order valence-electron chi connectivity index (χ3n) is 5.90. The van der Waals surface area contributed by atoms with Crippen LogP contribution in [-0.4, -0.2) is 46.1 Å². The Balaban J connectivity index is 1.89. The fourth-order valence-corrected chi connectivity index (χ4v) is 4.12. The van der Waals surface area contributed by atoms with Crippen LogP contribution in [0.4, 0.5) is 10.5 Å². The van der Waals surface area contributed by atoms with Crippen LogP contribution in [0.1, 0.15) is 46.2 Å². The van der Waals surface area contributed by atoms with Crippen LogP contribution in [0, 0.1) is 5.92 Å². The van der Waals surface area contributed by atoms with Crippen molar-refractivity contribution in [2.45, 2.75) is 57.1 Å². The van der Waals surface area contributed by atoms with E-state index in [0.29, 0.717) is 22.6 Å². The van der Waals surface area contributed by atoms with Gasteiger partial charge in [0, 0.05) is 29.9 Å². The number of benzene rings is 2. The van der Waals surface area contributed by atoms with E-state index in [9.17, 15) is 14.4 Å². The highest BCUT2D eigenvalue weighted by Crippen LogP contribution is 2.27. The van der Waals surface area contributed by atoms with Gasteiger partial charge in [0.05, 0.1) is 6.20 Å². The second kappa shape index (κ2) is 13.7. The molecule has 0 unspecified atom stereocenters. The molecule has 0 fully saturated rings. The van der Waals surface area contributed by atoms with Crippen LogP contribution in [0.2, 0.25) is 0 Å². The Labute approximate surface area is 244 Å². The molecular formula is C29H34Cl2N4O5. The van der Waals surface area contributed by atoms with E-state index in [4.69, 9.17) is 32.5 Å². The Bertz CT molecular complexity index is 1280. The Morgan fingerprint density at radius 2 is 1.70 bits per heavy atom. The van der Waals surface area contributed by atoms with Gasteiger partial charge in [-0.2, -0.15) is 0 Å². The quantitative estimate of drug-likeness (QED) is 0.286. The maximum absolute atomic E-state index is 13.6. The van der Waals surface area contributed by atoms with Crippen molar-refractivity contribution in [3.8, 4) is 11.3 Å². The van der Waals surface area contributed by atoms with Gasteiger partial charge in [-0.05, 0) is 44.4 Å². The number of alkyl halides is 2. The standard InChI is InChI=1S/C29H34Cl2N4O5/c1-18(2)22(33-26(36)24(19-10-7-6-8-11-19)34-28(38)39-29(3,4)5)17-35(27(37)25(30)31)21-13-9-12-20(16-21)23-14-15-32-40-23/h6-16,18,22,24-25H,17H2,1-5H3,(H,33,36)(H,34,38)/t22-,24-/m1/s1. The minimum atomic E-state index is -1.33. The molecule has 0 bridgehead atoms. The number of amides is 3. The predicted molar refractivity (Wildman–Crippen MR) is 155 cm³/mol. The van der Waals surface area contributed by atoms with Crippen LogP contribution < -0.4 is 15.5 Å². The fraction of sp³-hybridized carbons (Fsp3) is 0.379.